The Kier molecular flexibility index (Phi) is 6.02. The third-order valence-corrected chi connectivity index (χ3v) is 3.00. The average Bonchev–Trinajstić information content (AvgIpc) is 2.40. The van der Waals surface area contributed by atoms with Gasteiger partial charge in [-0.15, -0.1) is 0 Å². The number of carboxylic acids is 1. The van der Waals surface area contributed by atoms with Crippen molar-refractivity contribution in [2.75, 3.05) is 13.1 Å². The van der Waals surface area contributed by atoms with Crippen LogP contribution in [0, 0.1) is 5.92 Å². The second-order valence-corrected chi connectivity index (χ2v) is 4.39. The lowest BCUT2D eigenvalue weighted by atomic mass is 10.1. The van der Waals surface area contributed by atoms with E-state index in [0.717, 1.165) is 12.0 Å². The molecule has 104 valence electrons. The van der Waals surface area contributed by atoms with E-state index >= 15 is 0 Å². The van der Waals surface area contributed by atoms with Crippen LogP contribution in [-0.4, -0.2) is 30.1 Å². The highest BCUT2D eigenvalue weighted by Crippen LogP contribution is 2.06. The Labute approximate surface area is 112 Å². The van der Waals surface area contributed by atoms with Crippen molar-refractivity contribution in [3.8, 4) is 0 Å². The normalized spacial score (nSPS) is 11.9. The SMILES string of the molecule is CCC(CNC(=O)c1ccc(CCN)cc1)C(=O)O. The van der Waals surface area contributed by atoms with Crippen LogP contribution in [0.3, 0.4) is 0 Å². The van der Waals surface area contributed by atoms with Crippen LogP contribution in [0.1, 0.15) is 29.3 Å². The minimum absolute atomic E-state index is 0.148. The summed E-state index contributed by atoms with van der Waals surface area (Å²) in [5.74, 6) is -1.68. The fourth-order valence-electron chi connectivity index (χ4n) is 1.71. The molecule has 0 bridgehead atoms. The van der Waals surface area contributed by atoms with E-state index in [-0.39, 0.29) is 12.5 Å². The summed E-state index contributed by atoms with van der Waals surface area (Å²) in [4.78, 5) is 22.7. The van der Waals surface area contributed by atoms with Crippen LogP contribution in [-0.2, 0) is 11.2 Å². The molecule has 5 heteroatoms. The van der Waals surface area contributed by atoms with Gasteiger partial charge in [0.15, 0.2) is 0 Å². The van der Waals surface area contributed by atoms with Crippen molar-refractivity contribution in [3.63, 3.8) is 0 Å². The van der Waals surface area contributed by atoms with Crippen LogP contribution < -0.4 is 11.1 Å². The van der Waals surface area contributed by atoms with Crippen LogP contribution in [0.4, 0.5) is 0 Å². The monoisotopic (exact) mass is 264 g/mol. The molecular formula is C14H20N2O3. The number of hydrogen-bond donors (Lipinski definition) is 3. The van der Waals surface area contributed by atoms with Gasteiger partial charge in [-0.25, -0.2) is 0 Å². The molecule has 1 aromatic rings. The Bertz CT molecular complexity index is 429. The predicted molar refractivity (Wildman–Crippen MR) is 73.0 cm³/mol. The topological polar surface area (TPSA) is 92.4 Å². The number of nitrogens with one attached hydrogen (secondary N) is 1. The van der Waals surface area contributed by atoms with E-state index in [1.165, 1.54) is 0 Å². The summed E-state index contributed by atoms with van der Waals surface area (Å²) in [6, 6.07) is 7.16. The molecule has 1 rings (SSSR count). The maximum atomic E-state index is 11.8. The van der Waals surface area contributed by atoms with Gasteiger partial charge < -0.3 is 16.2 Å². The van der Waals surface area contributed by atoms with Crippen LogP contribution in [0.2, 0.25) is 0 Å². The highest BCUT2D eigenvalue weighted by Gasteiger charge is 2.16. The number of benzene rings is 1. The molecule has 0 aromatic heterocycles. The molecule has 0 saturated heterocycles. The van der Waals surface area contributed by atoms with Gasteiger partial charge in [-0.1, -0.05) is 19.1 Å². The van der Waals surface area contributed by atoms with Gasteiger partial charge in [0.1, 0.15) is 0 Å². The maximum Gasteiger partial charge on any atom is 0.308 e. The standard InChI is InChI=1S/C14H20N2O3/c1-2-11(14(18)19)9-16-13(17)12-5-3-10(4-6-12)7-8-15/h3-6,11H,2,7-9,15H2,1H3,(H,16,17)(H,18,19). The third-order valence-electron chi connectivity index (χ3n) is 3.00. The first-order valence-corrected chi connectivity index (χ1v) is 6.38. The molecule has 0 aliphatic carbocycles. The Balaban J connectivity index is 2.55. The molecule has 1 atom stereocenters. The molecule has 0 spiro atoms. The van der Waals surface area contributed by atoms with E-state index in [1.807, 2.05) is 12.1 Å². The molecule has 0 aliphatic heterocycles. The summed E-state index contributed by atoms with van der Waals surface area (Å²) < 4.78 is 0. The Hall–Kier alpha value is -1.88. The predicted octanol–water partition coefficient (Wildman–Crippen LogP) is 1.03. The summed E-state index contributed by atoms with van der Waals surface area (Å²) in [7, 11) is 0. The van der Waals surface area contributed by atoms with Crippen molar-refractivity contribution in [3.05, 3.63) is 35.4 Å². The maximum absolute atomic E-state index is 11.8. The molecule has 0 heterocycles. The van der Waals surface area contributed by atoms with Crippen molar-refractivity contribution in [1.82, 2.24) is 5.32 Å². The van der Waals surface area contributed by atoms with Gasteiger partial charge in [-0.3, -0.25) is 9.59 Å². The number of carboxylic acid groups (broad SMARTS) is 1. The van der Waals surface area contributed by atoms with Crippen LogP contribution >= 0.6 is 0 Å². The lowest BCUT2D eigenvalue weighted by molar-refractivity contribution is -0.141. The summed E-state index contributed by atoms with van der Waals surface area (Å²) >= 11 is 0. The molecular weight excluding hydrogens is 244 g/mol. The zero-order valence-corrected chi connectivity index (χ0v) is 11.1. The Morgan fingerprint density at radius 3 is 2.42 bits per heavy atom. The molecule has 19 heavy (non-hydrogen) atoms. The van der Waals surface area contributed by atoms with E-state index in [1.54, 1.807) is 19.1 Å². The number of amides is 1. The molecule has 0 saturated carbocycles. The number of carbonyl (C=O) groups is 2. The summed E-state index contributed by atoms with van der Waals surface area (Å²) in [6.45, 7) is 2.50. The lowest BCUT2D eigenvalue weighted by Gasteiger charge is -2.11. The number of aliphatic carboxylic acids is 1. The van der Waals surface area contributed by atoms with Crippen molar-refractivity contribution < 1.29 is 14.7 Å². The van der Waals surface area contributed by atoms with E-state index < -0.39 is 11.9 Å². The van der Waals surface area contributed by atoms with Crippen LogP contribution in [0.25, 0.3) is 0 Å². The van der Waals surface area contributed by atoms with Crippen LogP contribution in [0.5, 0.6) is 0 Å². The van der Waals surface area contributed by atoms with Gasteiger partial charge in [0.25, 0.3) is 5.91 Å². The Morgan fingerprint density at radius 1 is 1.32 bits per heavy atom. The summed E-state index contributed by atoms with van der Waals surface area (Å²) in [5.41, 5.74) is 7.06. The first kappa shape index (κ1) is 15.2. The van der Waals surface area contributed by atoms with Gasteiger partial charge in [0.05, 0.1) is 5.92 Å². The average molecular weight is 264 g/mol. The Morgan fingerprint density at radius 2 is 1.95 bits per heavy atom. The smallest absolute Gasteiger partial charge is 0.308 e. The van der Waals surface area contributed by atoms with Crippen molar-refractivity contribution in [2.24, 2.45) is 11.7 Å². The molecule has 0 aliphatic rings. The molecule has 1 unspecified atom stereocenters. The highest BCUT2D eigenvalue weighted by atomic mass is 16.4. The second kappa shape index (κ2) is 7.53. The van der Waals surface area contributed by atoms with Crippen molar-refractivity contribution >= 4 is 11.9 Å². The zero-order valence-electron chi connectivity index (χ0n) is 11.1. The summed E-state index contributed by atoms with van der Waals surface area (Å²) in [5, 5.41) is 11.5. The van der Waals surface area contributed by atoms with E-state index in [0.29, 0.717) is 18.5 Å². The number of nitrogens with two attached hydrogens (primary N) is 1. The minimum Gasteiger partial charge on any atom is -0.481 e. The zero-order chi connectivity index (χ0) is 14.3. The van der Waals surface area contributed by atoms with Gasteiger partial charge >= 0.3 is 5.97 Å². The van der Waals surface area contributed by atoms with Crippen molar-refractivity contribution in [2.45, 2.75) is 19.8 Å². The largest absolute Gasteiger partial charge is 0.481 e. The van der Waals surface area contributed by atoms with E-state index in [4.69, 9.17) is 10.8 Å². The molecule has 0 fully saturated rings. The minimum atomic E-state index is -0.888. The molecule has 1 amide bonds. The fourth-order valence-corrected chi connectivity index (χ4v) is 1.71. The second-order valence-electron chi connectivity index (χ2n) is 4.39. The van der Waals surface area contributed by atoms with Crippen LogP contribution in [0.15, 0.2) is 24.3 Å². The molecule has 5 nitrogen and oxygen atoms in total. The number of hydrogen-bond acceptors (Lipinski definition) is 3. The van der Waals surface area contributed by atoms with E-state index in [2.05, 4.69) is 5.32 Å². The molecule has 1 aromatic carbocycles. The first-order chi connectivity index (χ1) is 9.08. The summed E-state index contributed by atoms with van der Waals surface area (Å²) in [6.07, 6.45) is 1.27. The lowest BCUT2D eigenvalue weighted by Crippen LogP contribution is -2.32. The van der Waals surface area contributed by atoms with Gasteiger partial charge in [-0.05, 0) is 37.1 Å². The third kappa shape index (κ3) is 4.71. The van der Waals surface area contributed by atoms with E-state index in [9.17, 15) is 9.59 Å². The number of rotatable bonds is 7. The van der Waals surface area contributed by atoms with Gasteiger partial charge in [0, 0.05) is 12.1 Å². The van der Waals surface area contributed by atoms with Gasteiger partial charge in [0.2, 0.25) is 0 Å². The quantitative estimate of drug-likeness (QED) is 0.685. The van der Waals surface area contributed by atoms with Crippen molar-refractivity contribution in [1.29, 1.82) is 0 Å². The highest BCUT2D eigenvalue weighted by molar-refractivity contribution is 5.94. The van der Waals surface area contributed by atoms with Gasteiger partial charge in [-0.2, -0.15) is 0 Å². The molecule has 0 radical (unpaired) electrons. The first-order valence-electron chi connectivity index (χ1n) is 6.38. The fraction of sp³-hybridized carbons (Fsp3) is 0.429. The number of carbonyl (C=O) groups excluding carboxylic acids is 1. The molecule has 4 N–H and O–H groups in total.